The molecule has 9 nitrogen and oxygen atoms in total. The normalized spacial score (nSPS) is 10.0. The zero-order valence-corrected chi connectivity index (χ0v) is 15.7. The van der Waals surface area contributed by atoms with Crippen molar-refractivity contribution in [2.45, 2.75) is 4.90 Å². The number of nitrogens with one attached hydrogen (secondary N) is 2. The van der Waals surface area contributed by atoms with Crippen molar-refractivity contribution in [2.24, 2.45) is 0 Å². The predicted octanol–water partition coefficient (Wildman–Crippen LogP) is 2.23. The smallest absolute Gasteiger partial charge is 0.316 e. The lowest BCUT2D eigenvalue weighted by molar-refractivity contribution is -0.387. The number of thioether (sulfide) groups is 1. The summed E-state index contributed by atoms with van der Waals surface area (Å²) in [7, 11) is 1.50. The minimum absolute atomic E-state index is 0.103. The molecule has 146 valence electrons. The maximum atomic E-state index is 11.9. The third kappa shape index (κ3) is 6.09. The second-order valence-corrected chi connectivity index (χ2v) is 6.40. The highest BCUT2D eigenvalue weighted by Gasteiger charge is 2.15. The summed E-state index contributed by atoms with van der Waals surface area (Å²) in [5.74, 6) is -1.73. The Bertz CT molecular complexity index is 902. The van der Waals surface area contributed by atoms with Crippen molar-refractivity contribution >= 4 is 40.9 Å². The summed E-state index contributed by atoms with van der Waals surface area (Å²) in [4.78, 5) is 46.0. The summed E-state index contributed by atoms with van der Waals surface area (Å²) < 4.78 is 4.88. The third-order valence-corrected chi connectivity index (χ3v) is 4.44. The SMILES string of the molecule is CNC(=O)c1cccc(NC(=O)COC(=O)CSc2ccccc2[N+](=O)[O-])c1. The minimum atomic E-state index is -0.683. The van der Waals surface area contributed by atoms with E-state index in [2.05, 4.69) is 10.6 Å². The topological polar surface area (TPSA) is 128 Å². The summed E-state index contributed by atoms with van der Waals surface area (Å²) >= 11 is 0.954. The van der Waals surface area contributed by atoms with E-state index in [1.807, 2.05) is 0 Å². The average Bonchev–Trinajstić information content (AvgIpc) is 2.70. The minimum Gasteiger partial charge on any atom is -0.455 e. The number of carbonyl (C=O) groups excluding carboxylic acids is 3. The van der Waals surface area contributed by atoms with Crippen LogP contribution >= 0.6 is 11.8 Å². The van der Waals surface area contributed by atoms with Crippen LogP contribution in [0.25, 0.3) is 0 Å². The van der Waals surface area contributed by atoms with E-state index in [0.717, 1.165) is 11.8 Å². The van der Waals surface area contributed by atoms with Crippen LogP contribution in [-0.2, 0) is 14.3 Å². The van der Waals surface area contributed by atoms with E-state index >= 15 is 0 Å². The Morgan fingerprint density at radius 1 is 1.14 bits per heavy atom. The van der Waals surface area contributed by atoms with Crippen molar-refractivity contribution < 1.29 is 24.0 Å². The fourth-order valence-corrected chi connectivity index (χ4v) is 2.96. The van der Waals surface area contributed by atoms with E-state index in [0.29, 0.717) is 16.1 Å². The molecule has 0 saturated carbocycles. The standard InChI is InChI=1S/C18H17N3O6S/c1-19-18(24)12-5-4-6-13(9-12)20-16(22)10-27-17(23)11-28-15-8-3-2-7-14(15)21(25)26/h2-9H,10-11H2,1H3,(H,19,24)(H,20,22). The average molecular weight is 403 g/mol. The molecule has 0 radical (unpaired) electrons. The molecule has 0 spiro atoms. The third-order valence-electron chi connectivity index (χ3n) is 3.41. The summed E-state index contributed by atoms with van der Waals surface area (Å²) in [6.45, 7) is -0.513. The van der Waals surface area contributed by atoms with Crippen LogP contribution in [-0.4, -0.2) is 42.1 Å². The summed E-state index contributed by atoms with van der Waals surface area (Å²) in [5, 5.41) is 15.9. The zero-order valence-electron chi connectivity index (χ0n) is 14.8. The van der Waals surface area contributed by atoms with Gasteiger partial charge in [-0.05, 0) is 24.3 Å². The van der Waals surface area contributed by atoms with Gasteiger partial charge in [-0.15, -0.1) is 11.8 Å². The molecule has 0 bridgehead atoms. The van der Waals surface area contributed by atoms with Gasteiger partial charge in [-0.1, -0.05) is 18.2 Å². The Labute approximate surface area is 164 Å². The second-order valence-electron chi connectivity index (χ2n) is 5.38. The number of benzene rings is 2. The van der Waals surface area contributed by atoms with Crippen LogP contribution in [0, 0.1) is 10.1 Å². The van der Waals surface area contributed by atoms with Gasteiger partial charge >= 0.3 is 5.97 Å². The molecule has 28 heavy (non-hydrogen) atoms. The number of nitrogens with zero attached hydrogens (tertiary/aromatic N) is 1. The molecule has 0 aliphatic heterocycles. The number of nitro benzene ring substituents is 1. The first-order chi connectivity index (χ1) is 13.4. The number of ether oxygens (including phenoxy) is 1. The molecule has 2 aromatic rings. The quantitative estimate of drug-likeness (QED) is 0.299. The Morgan fingerprint density at radius 3 is 2.61 bits per heavy atom. The van der Waals surface area contributed by atoms with E-state index in [9.17, 15) is 24.5 Å². The van der Waals surface area contributed by atoms with Crippen molar-refractivity contribution in [1.29, 1.82) is 0 Å². The van der Waals surface area contributed by atoms with Gasteiger partial charge in [0.25, 0.3) is 17.5 Å². The molecule has 2 amide bonds. The maximum Gasteiger partial charge on any atom is 0.316 e. The number of carbonyl (C=O) groups is 3. The lowest BCUT2D eigenvalue weighted by Crippen LogP contribution is -2.22. The molecule has 0 fully saturated rings. The number of nitro groups is 1. The van der Waals surface area contributed by atoms with Crippen LogP contribution in [0.1, 0.15) is 10.4 Å². The number of hydrogen-bond acceptors (Lipinski definition) is 7. The number of amides is 2. The van der Waals surface area contributed by atoms with E-state index in [-0.39, 0.29) is 17.3 Å². The Kier molecular flexibility index (Phi) is 7.52. The largest absolute Gasteiger partial charge is 0.455 e. The Balaban J connectivity index is 1.82. The Morgan fingerprint density at radius 2 is 1.89 bits per heavy atom. The lowest BCUT2D eigenvalue weighted by Gasteiger charge is -2.08. The van der Waals surface area contributed by atoms with Crippen molar-refractivity contribution in [3.8, 4) is 0 Å². The number of anilines is 1. The van der Waals surface area contributed by atoms with E-state index in [1.54, 1.807) is 24.3 Å². The summed E-state index contributed by atoms with van der Waals surface area (Å²) in [6, 6.07) is 12.3. The fourth-order valence-electron chi connectivity index (χ4n) is 2.13. The van der Waals surface area contributed by atoms with Crippen LogP contribution in [0.3, 0.4) is 0 Å². The van der Waals surface area contributed by atoms with E-state index < -0.39 is 23.4 Å². The van der Waals surface area contributed by atoms with Gasteiger partial charge in [0.15, 0.2) is 6.61 Å². The van der Waals surface area contributed by atoms with Gasteiger partial charge in [-0.2, -0.15) is 0 Å². The fraction of sp³-hybridized carbons (Fsp3) is 0.167. The van der Waals surface area contributed by atoms with Crippen molar-refractivity contribution in [2.75, 3.05) is 24.7 Å². The molecule has 0 saturated heterocycles. The predicted molar refractivity (Wildman–Crippen MR) is 103 cm³/mol. The van der Waals surface area contributed by atoms with Gasteiger partial charge in [0, 0.05) is 24.4 Å². The maximum absolute atomic E-state index is 11.9. The molecule has 0 atom stereocenters. The molecule has 0 unspecified atom stereocenters. The van der Waals surface area contributed by atoms with Gasteiger partial charge in [-0.3, -0.25) is 24.5 Å². The van der Waals surface area contributed by atoms with Crippen LogP contribution in [0.2, 0.25) is 0 Å². The Hall–Kier alpha value is -3.40. The van der Waals surface area contributed by atoms with E-state index in [1.165, 1.54) is 31.3 Å². The highest BCUT2D eigenvalue weighted by molar-refractivity contribution is 8.00. The van der Waals surface area contributed by atoms with Crippen LogP contribution in [0.15, 0.2) is 53.4 Å². The van der Waals surface area contributed by atoms with E-state index in [4.69, 9.17) is 4.74 Å². The van der Waals surface area contributed by atoms with Crippen molar-refractivity contribution in [1.82, 2.24) is 5.32 Å². The molecule has 0 heterocycles. The molecule has 2 rings (SSSR count). The molecular formula is C18H17N3O6S. The molecule has 2 N–H and O–H groups in total. The first kappa shape index (κ1) is 20.9. The molecule has 2 aromatic carbocycles. The van der Waals surface area contributed by atoms with Crippen LogP contribution < -0.4 is 10.6 Å². The van der Waals surface area contributed by atoms with Gasteiger partial charge in [0.05, 0.1) is 15.6 Å². The highest BCUT2D eigenvalue weighted by atomic mass is 32.2. The summed E-state index contributed by atoms with van der Waals surface area (Å²) in [5.41, 5.74) is 0.656. The van der Waals surface area contributed by atoms with Crippen molar-refractivity contribution in [3.05, 3.63) is 64.2 Å². The number of para-hydroxylation sites is 1. The number of hydrogen-bond donors (Lipinski definition) is 2. The first-order valence-corrected chi connectivity index (χ1v) is 9.03. The second kappa shape index (κ2) is 10.1. The first-order valence-electron chi connectivity index (χ1n) is 8.04. The van der Waals surface area contributed by atoms with Crippen LogP contribution in [0.4, 0.5) is 11.4 Å². The number of rotatable bonds is 8. The van der Waals surface area contributed by atoms with Gasteiger partial charge in [-0.25, -0.2) is 0 Å². The van der Waals surface area contributed by atoms with Crippen LogP contribution in [0.5, 0.6) is 0 Å². The van der Waals surface area contributed by atoms with Gasteiger partial charge in [0.1, 0.15) is 0 Å². The monoisotopic (exact) mass is 403 g/mol. The molecular weight excluding hydrogens is 386 g/mol. The van der Waals surface area contributed by atoms with Gasteiger partial charge < -0.3 is 15.4 Å². The molecule has 10 heteroatoms. The molecule has 0 aliphatic carbocycles. The number of esters is 1. The summed E-state index contributed by atoms with van der Waals surface area (Å²) in [6.07, 6.45) is 0. The molecule has 0 aromatic heterocycles. The lowest BCUT2D eigenvalue weighted by atomic mass is 10.2. The zero-order chi connectivity index (χ0) is 20.5. The van der Waals surface area contributed by atoms with Crippen molar-refractivity contribution in [3.63, 3.8) is 0 Å². The van der Waals surface area contributed by atoms with Gasteiger partial charge in [0.2, 0.25) is 0 Å². The highest BCUT2D eigenvalue weighted by Crippen LogP contribution is 2.28. The molecule has 0 aliphatic rings.